The summed E-state index contributed by atoms with van der Waals surface area (Å²) in [6.07, 6.45) is 3.11. The average molecular weight is 358 g/mol. The molecule has 8 heteroatoms. The van der Waals surface area contributed by atoms with Crippen molar-refractivity contribution in [2.75, 3.05) is 11.9 Å². The highest BCUT2D eigenvalue weighted by molar-refractivity contribution is 7.12. The molecule has 1 unspecified atom stereocenters. The smallest absolute Gasteiger partial charge is 0.265 e. The van der Waals surface area contributed by atoms with E-state index in [1.165, 1.54) is 17.4 Å². The number of carbonyl (C=O) groups excluding carboxylic acids is 1. The van der Waals surface area contributed by atoms with Crippen molar-refractivity contribution in [2.45, 2.75) is 12.6 Å². The molecule has 25 heavy (non-hydrogen) atoms. The van der Waals surface area contributed by atoms with Gasteiger partial charge in [-0.15, -0.1) is 11.3 Å². The number of benzene rings is 1. The number of carbonyl (C=O) groups is 1. The second-order valence-electron chi connectivity index (χ2n) is 5.39. The van der Waals surface area contributed by atoms with Crippen LogP contribution >= 0.6 is 11.3 Å². The van der Waals surface area contributed by atoms with Crippen LogP contribution in [0.4, 0.5) is 5.69 Å². The molecule has 2 aromatic heterocycles. The highest BCUT2D eigenvalue weighted by atomic mass is 32.1. The lowest BCUT2D eigenvalue weighted by Crippen LogP contribution is -2.23. The quantitative estimate of drug-likeness (QED) is 0.329. The molecule has 0 radical (unpaired) electrons. The molecule has 2 heterocycles. The van der Waals surface area contributed by atoms with Gasteiger partial charge in [0.05, 0.1) is 16.9 Å². The van der Waals surface area contributed by atoms with Crippen LogP contribution < -0.4 is 10.6 Å². The first-order chi connectivity index (χ1) is 12.1. The van der Waals surface area contributed by atoms with Gasteiger partial charge in [0.15, 0.2) is 0 Å². The molecule has 0 fully saturated rings. The zero-order chi connectivity index (χ0) is 17.6. The predicted octanol–water partition coefficient (Wildman–Crippen LogP) is 2.25. The first-order valence-electron chi connectivity index (χ1n) is 7.70. The Morgan fingerprint density at radius 2 is 2.24 bits per heavy atom. The van der Waals surface area contributed by atoms with E-state index in [0.29, 0.717) is 23.4 Å². The van der Waals surface area contributed by atoms with E-state index < -0.39 is 6.23 Å². The monoisotopic (exact) mass is 358 g/mol. The molecule has 7 nitrogen and oxygen atoms in total. The molecular weight excluding hydrogens is 340 g/mol. The van der Waals surface area contributed by atoms with Gasteiger partial charge in [-0.05, 0) is 29.1 Å². The molecule has 1 amide bonds. The average Bonchev–Trinajstić information content (AvgIpc) is 3.30. The summed E-state index contributed by atoms with van der Waals surface area (Å²) in [5.41, 5.74) is 1.77. The Morgan fingerprint density at radius 1 is 1.36 bits per heavy atom. The molecule has 0 aliphatic heterocycles. The molecule has 0 saturated carbocycles. The fourth-order valence-corrected chi connectivity index (χ4v) is 2.92. The number of thiophene rings is 1. The second-order valence-corrected chi connectivity index (χ2v) is 6.34. The minimum Gasteiger partial charge on any atom is -0.506 e. The minimum absolute atomic E-state index is 0.0571. The number of aliphatic hydroxyl groups is 1. The van der Waals surface area contributed by atoms with Crippen molar-refractivity contribution >= 4 is 22.9 Å². The van der Waals surface area contributed by atoms with Gasteiger partial charge in [-0.3, -0.25) is 10.1 Å². The summed E-state index contributed by atoms with van der Waals surface area (Å²) in [5, 5.41) is 27.6. The number of aliphatic hydroxyl groups excluding tert-OH is 1. The van der Waals surface area contributed by atoms with E-state index in [-0.39, 0.29) is 17.3 Å². The molecule has 0 aliphatic rings. The molecular formula is C17H18N4O3S. The maximum Gasteiger partial charge on any atom is 0.265 e. The molecule has 0 saturated heterocycles. The number of hydrogen-bond acceptors (Lipinski definition) is 6. The fraction of sp³-hybridized carbons (Fsp3) is 0.176. The molecule has 0 aliphatic carbocycles. The molecule has 1 atom stereocenters. The van der Waals surface area contributed by atoms with Gasteiger partial charge in [-0.2, -0.15) is 0 Å². The molecule has 1 aromatic carbocycles. The summed E-state index contributed by atoms with van der Waals surface area (Å²) in [6, 6.07) is 8.08. The highest BCUT2D eigenvalue weighted by Gasteiger charge is 2.13. The van der Waals surface area contributed by atoms with Crippen molar-refractivity contribution in [3.8, 4) is 5.75 Å². The fourth-order valence-electron chi connectivity index (χ4n) is 2.30. The SMILES string of the molecule is O=C(Nc1cc(C(O)NCCc2cnc[nH]2)ccc1O)c1cccs1. The van der Waals surface area contributed by atoms with Crippen molar-refractivity contribution in [3.63, 3.8) is 0 Å². The van der Waals surface area contributed by atoms with Crippen LogP contribution in [0.1, 0.15) is 27.2 Å². The Hall–Kier alpha value is -2.68. The molecule has 130 valence electrons. The van der Waals surface area contributed by atoms with Crippen molar-refractivity contribution in [3.05, 3.63) is 64.4 Å². The maximum atomic E-state index is 12.1. The summed E-state index contributed by atoms with van der Waals surface area (Å²) < 4.78 is 0. The lowest BCUT2D eigenvalue weighted by atomic mass is 10.1. The maximum absolute atomic E-state index is 12.1. The molecule has 0 spiro atoms. The van der Waals surface area contributed by atoms with Crippen molar-refractivity contribution in [2.24, 2.45) is 0 Å². The number of rotatable bonds is 7. The van der Waals surface area contributed by atoms with Gasteiger partial charge in [0, 0.05) is 24.9 Å². The summed E-state index contributed by atoms with van der Waals surface area (Å²) in [6.45, 7) is 0.543. The van der Waals surface area contributed by atoms with Crippen LogP contribution in [0, 0.1) is 0 Å². The Kier molecular flexibility index (Phi) is 5.44. The number of anilines is 1. The van der Waals surface area contributed by atoms with E-state index in [0.717, 1.165) is 5.69 Å². The van der Waals surface area contributed by atoms with Crippen LogP contribution in [0.3, 0.4) is 0 Å². The van der Waals surface area contributed by atoms with Crippen molar-refractivity contribution in [1.29, 1.82) is 0 Å². The van der Waals surface area contributed by atoms with Crippen LogP contribution in [-0.2, 0) is 6.42 Å². The summed E-state index contributed by atoms with van der Waals surface area (Å²) in [5.74, 6) is -0.359. The summed E-state index contributed by atoms with van der Waals surface area (Å²) >= 11 is 1.31. The number of imidazole rings is 1. The van der Waals surface area contributed by atoms with Crippen molar-refractivity contribution in [1.82, 2.24) is 15.3 Å². The van der Waals surface area contributed by atoms with E-state index in [2.05, 4.69) is 20.6 Å². The minimum atomic E-state index is -0.916. The second kappa shape index (κ2) is 7.93. The number of hydrogen-bond donors (Lipinski definition) is 5. The number of phenolic OH excluding ortho intramolecular Hbond substituents is 1. The number of phenols is 1. The molecule has 3 rings (SSSR count). The van der Waals surface area contributed by atoms with E-state index in [9.17, 15) is 15.0 Å². The van der Waals surface area contributed by atoms with E-state index in [1.807, 2.05) is 0 Å². The number of aromatic amines is 1. The van der Waals surface area contributed by atoms with Gasteiger partial charge in [0.1, 0.15) is 12.0 Å². The first-order valence-corrected chi connectivity index (χ1v) is 8.58. The number of aromatic nitrogens is 2. The van der Waals surface area contributed by atoms with E-state index in [1.54, 1.807) is 42.2 Å². The molecule has 0 bridgehead atoms. The normalized spacial score (nSPS) is 12.0. The van der Waals surface area contributed by atoms with Gasteiger partial charge in [-0.1, -0.05) is 12.1 Å². The number of amides is 1. The van der Waals surface area contributed by atoms with Gasteiger partial charge >= 0.3 is 0 Å². The van der Waals surface area contributed by atoms with Crippen LogP contribution in [0.25, 0.3) is 0 Å². The highest BCUT2D eigenvalue weighted by Crippen LogP contribution is 2.27. The standard InChI is InChI=1S/C17H18N4O3S/c22-14-4-3-11(16(23)19-6-5-12-9-18-10-20-12)8-13(14)21-17(24)15-2-1-7-25-15/h1-4,7-10,16,19,22-23H,5-6H2,(H,18,20)(H,21,24). The van der Waals surface area contributed by atoms with Crippen LogP contribution in [0.15, 0.2) is 48.2 Å². The third-order valence-corrected chi connectivity index (χ3v) is 4.49. The lowest BCUT2D eigenvalue weighted by molar-refractivity contribution is 0.102. The Morgan fingerprint density at radius 3 is 2.96 bits per heavy atom. The van der Waals surface area contributed by atoms with E-state index >= 15 is 0 Å². The third kappa shape index (κ3) is 4.44. The van der Waals surface area contributed by atoms with Gasteiger partial charge < -0.3 is 20.5 Å². The van der Waals surface area contributed by atoms with Gasteiger partial charge in [-0.25, -0.2) is 4.98 Å². The zero-order valence-electron chi connectivity index (χ0n) is 13.3. The Balaban J connectivity index is 1.62. The first kappa shape index (κ1) is 17.2. The van der Waals surface area contributed by atoms with Gasteiger partial charge in [0.2, 0.25) is 0 Å². The number of aromatic hydroxyl groups is 1. The third-order valence-electron chi connectivity index (χ3n) is 3.62. The molecule has 3 aromatic rings. The number of H-pyrrole nitrogens is 1. The van der Waals surface area contributed by atoms with Crippen LogP contribution in [0.5, 0.6) is 5.75 Å². The molecule has 5 N–H and O–H groups in total. The number of nitrogens with zero attached hydrogens (tertiary/aromatic N) is 1. The Bertz CT molecular complexity index is 819. The predicted molar refractivity (Wildman–Crippen MR) is 95.6 cm³/mol. The van der Waals surface area contributed by atoms with Gasteiger partial charge in [0.25, 0.3) is 5.91 Å². The lowest BCUT2D eigenvalue weighted by Gasteiger charge is -2.15. The topological polar surface area (TPSA) is 110 Å². The summed E-state index contributed by atoms with van der Waals surface area (Å²) in [7, 11) is 0. The van der Waals surface area contributed by atoms with E-state index in [4.69, 9.17) is 0 Å². The van der Waals surface area contributed by atoms with Crippen molar-refractivity contribution < 1.29 is 15.0 Å². The zero-order valence-corrected chi connectivity index (χ0v) is 14.1. The largest absolute Gasteiger partial charge is 0.506 e. The summed E-state index contributed by atoms with van der Waals surface area (Å²) in [4.78, 5) is 19.6. The number of nitrogens with one attached hydrogen (secondary N) is 3. The Labute approximate surface area is 148 Å². The van der Waals surface area contributed by atoms with Crippen LogP contribution in [-0.4, -0.2) is 32.6 Å². The van der Waals surface area contributed by atoms with Crippen LogP contribution in [0.2, 0.25) is 0 Å².